The molecule has 32 heavy (non-hydrogen) atoms. The van der Waals surface area contributed by atoms with Gasteiger partial charge in [-0.3, -0.25) is 4.79 Å². The molecule has 0 aliphatic carbocycles. The topological polar surface area (TPSA) is 64.3 Å². The van der Waals surface area contributed by atoms with Gasteiger partial charge in [-0.05, 0) is 49.2 Å². The number of benzene rings is 2. The molecular formula is C25H25N5O2. The zero-order valence-corrected chi connectivity index (χ0v) is 18.0. The van der Waals surface area contributed by atoms with E-state index in [9.17, 15) is 4.79 Å². The van der Waals surface area contributed by atoms with Crippen molar-refractivity contribution >= 4 is 22.6 Å². The van der Waals surface area contributed by atoms with Crippen LogP contribution in [0.25, 0.3) is 16.7 Å². The third kappa shape index (κ3) is 2.88. The van der Waals surface area contributed by atoms with Crippen LogP contribution in [0.2, 0.25) is 0 Å². The number of nitrogens with one attached hydrogen (secondary N) is 1. The first-order valence-electron chi connectivity index (χ1n) is 11.0. The number of methoxy groups -OCH3 is 1. The second kappa shape index (κ2) is 7.15. The predicted octanol–water partition coefficient (Wildman–Crippen LogP) is 3.78. The standard InChI is InChI=1S/C25H25N5O2/c1-32-18-9-10-22-20(14-18)27-25(23-8-4-13-30(22)23)11-5-12-28(16-25)24(31)15-29-17-26-19-6-2-3-7-21(19)29/h2-4,6-10,13-14,17,27H,5,11-12,15-16H2,1H3/t25-/m1/s1. The monoisotopic (exact) mass is 427 g/mol. The number of nitrogens with zero attached hydrogens (tertiary/aromatic N) is 4. The van der Waals surface area contributed by atoms with Crippen molar-refractivity contribution in [1.29, 1.82) is 0 Å². The van der Waals surface area contributed by atoms with E-state index in [1.54, 1.807) is 13.4 Å². The number of anilines is 1. The first-order valence-corrected chi connectivity index (χ1v) is 11.0. The maximum absolute atomic E-state index is 13.4. The summed E-state index contributed by atoms with van der Waals surface area (Å²) < 4.78 is 9.64. The Morgan fingerprint density at radius 1 is 1.19 bits per heavy atom. The summed E-state index contributed by atoms with van der Waals surface area (Å²) in [6.45, 7) is 1.68. The Balaban J connectivity index is 1.31. The lowest BCUT2D eigenvalue weighted by Crippen LogP contribution is -2.55. The molecule has 0 bridgehead atoms. The molecule has 7 nitrogen and oxygen atoms in total. The third-order valence-corrected chi connectivity index (χ3v) is 6.75. The van der Waals surface area contributed by atoms with E-state index in [-0.39, 0.29) is 11.4 Å². The van der Waals surface area contributed by atoms with Crippen LogP contribution in [0.1, 0.15) is 18.5 Å². The summed E-state index contributed by atoms with van der Waals surface area (Å²) in [5.74, 6) is 0.932. The minimum absolute atomic E-state index is 0.114. The maximum Gasteiger partial charge on any atom is 0.242 e. The minimum atomic E-state index is -0.326. The zero-order valence-electron chi connectivity index (χ0n) is 18.0. The molecule has 6 rings (SSSR count). The molecule has 1 atom stereocenters. The van der Waals surface area contributed by atoms with E-state index in [4.69, 9.17) is 4.74 Å². The third-order valence-electron chi connectivity index (χ3n) is 6.75. The number of carbonyl (C=O) groups excluding carboxylic acids is 1. The van der Waals surface area contributed by atoms with E-state index in [1.807, 2.05) is 45.9 Å². The van der Waals surface area contributed by atoms with Crippen molar-refractivity contribution in [1.82, 2.24) is 19.0 Å². The molecule has 2 aliphatic rings. The summed E-state index contributed by atoms with van der Waals surface area (Å²) in [4.78, 5) is 19.8. The number of hydrogen-bond donors (Lipinski definition) is 1. The van der Waals surface area contributed by atoms with E-state index < -0.39 is 0 Å². The molecule has 4 aromatic rings. The summed E-state index contributed by atoms with van der Waals surface area (Å²) >= 11 is 0. The lowest BCUT2D eigenvalue weighted by molar-refractivity contribution is -0.133. The Morgan fingerprint density at radius 3 is 3.00 bits per heavy atom. The molecule has 0 radical (unpaired) electrons. The highest BCUT2D eigenvalue weighted by molar-refractivity contribution is 5.81. The fourth-order valence-corrected chi connectivity index (χ4v) is 5.22. The van der Waals surface area contributed by atoms with Crippen molar-refractivity contribution in [3.05, 3.63) is 72.8 Å². The van der Waals surface area contributed by atoms with Crippen molar-refractivity contribution in [3.8, 4) is 11.4 Å². The number of imidazole rings is 1. The number of ether oxygens (including phenoxy) is 1. The van der Waals surface area contributed by atoms with E-state index >= 15 is 0 Å². The molecule has 1 amide bonds. The molecule has 2 aliphatic heterocycles. The van der Waals surface area contributed by atoms with Gasteiger partial charge in [0.25, 0.3) is 0 Å². The van der Waals surface area contributed by atoms with Crippen LogP contribution < -0.4 is 10.1 Å². The Morgan fingerprint density at radius 2 is 2.09 bits per heavy atom. The molecule has 2 aromatic carbocycles. The Hall–Kier alpha value is -3.74. The number of piperidine rings is 1. The largest absolute Gasteiger partial charge is 0.497 e. The van der Waals surface area contributed by atoms with E-state index in [0.29, 0.717) is 13.1 Å². The van der Waals surface area contributed by atoms with Gasteiger partial charge in [0, 0.05) is 25.4 Å². The van der Waals surface area contributed by atoms with Crippen molar-refractivity contribution < 1.29 is 9.53 Å². The molecule has 0 unspecified atom stereocenters. The number of likely N-dealkylation sites (tertiary alicyclic amines) is 1. The van der Waals surface area contributed by atoms with E-state index in [2.05, 4.69) is 39.3 Å². The number of hydrogen-bond acceptors (Lipinski definition) is 4. The summed E-state index contributed by atoms with van der Waals surface area (Å²) in [6.07, 6.45) is 5.76. The number of fused-ring (bicyclic) bond motifs is 5. The fourth-order valence-electron chi connectivity index (χ4n) is 5.22. The minimum Gasteiger partial charge on any atom is -0.497 e. The van der Waals surface area contributed by atoms with Crippen LogP contribution in [0.15, 0.2) is 67.1 Å². The number of para-hydroxylation sites is 2. The van der Waals surface area contributed by atoms with Gasteiger partial charge in [0.1, 0.15) is 12.3 Å². The van der Waals surface area contributed by atoms with Gasteiger partial charge in [0.05, 0.1) is 47.1 Å². The molecule has 162 valence electrons. The molecule has 0 saturated carbocycles. The van der Waals surface area contributed by atoms with Crippen LogP contribution in [-0.4, -0.2) is 45.1 Å². The van der Waals surface area contributed by atoms with Crippen molar-refractivity contribution in [2.45, 2.75) is 24.9 Å². The first kappa shape index (κ1) is 19.0. The quantitative estimate of drug-likeness (QED) is 0.541. The van der Waals surface area contributed by atoms with Crippen LogP contribution in [0.3, 0.4) is 0 Å². The highest BCUT2D eigenvalue weighted by Gasteiger charge is 2.43. The molecular weight excluding hydrogens is 402 g/mol. The number of amides is 1. The Bertz CT molecular complexity index is 1320. The van der Waals surface area contributed by atoms with E-state index in [1.165, 1.54) is 5.69 Å². The maximum atomic E-state index is 13.4. The van der Waals surface area contributed by atoms with Gasteiger partial charge < -0.3 is 24.1 Å². The summed E-state index contributed by atoms with van der Waals surface area (Å²) in [6, 6.07) is 18.3. The molecule has 4 heterocycles. The van der Waals surface area contributed by atoms with Gasteiger partial charge in [-0.1, -0.05) is 12.1 Å². The zero-order chi connectivity index (χ0) is 21.7. The normalized spacial score (nSPS) is 19.5. The van der Waals surface area contributed by atoms with Gasteiger partial charge in [0.15, 0.2) is 0 Å². The second-order valence-corrected chi connectivity index (χ2v) is 8.63. The molecule has 7 heteroatoms. The lowest BCUT2D eigenvalue weighted by atomic mass is 9.83. The number of rotatable bonds is 3. The van der Waals surface area contributed by atoms with Crippen LogP contribution in [0.4, 0.5) is 5.69 Å². The van der Waals surface area contributed by atoms with Gasteiger partial charge >= 0.3 is 0 Å². The average molecular weight is 428 g/mol. The summed E-state index contributed by atoms with van der Waals surface area (Å²) in [5, 5.41) is 3.79. The second-order valence-electron chi connectivity index (χ2n) is 8.63. The van der Waals surface area contributed by atoms with Crippen molar-refractivity contribution in [3.63, 3.8) is 0 Å². The van der Waals surface area contributed by atoms with Crippen LogP contribution >= 0.6 is 0 Å². The highest BCUT2D eigenvalue weighted by Crippen LogP contribution is 2.43. The molecule has 1 saturated heterocycles. The molecule has 1 spiro atoms. The number of carbonyl (C=O) groups is 1. The van der Waals surface area contributed by atoms with Crippen molar-refractivity contribution in [2.24, 2.45) is 0 Å². The molecule has 2 aromatic heterocycles. The summed E-state index contributed by atoms with van der Waals surface area (Å²) in [7, 11) is 1.68. The SMILES string of the molecule is COc1ccc2c(c1)N[C@@]1(CCCN(C(=O)Cn3cnc4ccccc43)C1)c1cccn1-2. The predicted molar refractivity (Wildman–Crippen MR) is 123 cm³/mol. The summed E-state index contributed by atoms with van der Waals surface area (Å²) in [5.41, 5.74) is 4.90. The first-order chi connectivity index (χ1) is 15.7. The van der Waals surface area contributed by atoms with Gasteiger partial charge in [-0.15, -0.1) is 0 Å². The smallest absolute Gasteiger partial charge is 0.242 e. The molecule has 1 N–H and O–H groups in total. The average Bonchev–Trinajstić information content (AvgIpc) is 3.47. The van der Waals surface area contributed by atoms with E-state index in [0.717, 1.165) is 47.5 Å². The number of aromatic nitrogens is 3. The Labute approximate surface area is 186 Å². The highest BCUT2D eigenvalue weighted by atomic mass is 16.5. The molecule has 1 fully saturated rings. The van der Waals surface area contributed by atoms with Crippen LogP contribution in [-0.2, 0) is 16.9 Å². The van der Waals surface area contributed by atoms with Gasteiger partial charge in [-0.25, -0.2) is 4.98 Å². The van der Waals surface area contributed by atoms with Crippen molar-refractivity contribution in [2.75, 3.05) is 25.5 Å². The van der Waals surface area contributed by atoms with Gasteiger partial charge in [0.2, 0.25) is 5.91 Å². The Kier molecular flexibility index (Phi) is 4.24. The lowest BCUT2D eigenvalue weighted by Gasteiger charge is -2.47. The fraction of sp³-hybridized carbons (Fsp3) is 0.280. The van der Waals surface area contributed by atoms with Gasteiger partial charge in [-0.2, -0.15) is 0 Å². The van der Waals surface area contributed by atoms with Crippen LogP contribution in [0.5, 0.6) is 5.75 Å². The van der Waals surface area contributed by atoms with Crippen LogP contribution in [0, 0.1) is 0 Å².